The first-order chi connectivity index (χ1) is 18.4. The van der Waals surface area contributed by atoms with E-state index in [0.717, 1.165) is 31.5 Å². The average molecular weight is 606 g/mol. The van der Waals surface area contributed by atoms with E-state index in [0.29, 0.717) is 31.6 Å². The first-order valence-corrected chi connectivity index (χ1v) is 13.5. The third-order valence-corrected chi connectivity index (χ3v) is 7.46. The Kier molecular flexibility index (Phi) is 9.34. The molecule has 39 heavy (non-hydrogen) atoms. The number of ether oxygens (including phenoxy) is 1. The van der Waals surface area contributed by atoms with E-state index < -0.39 is 5.82 Å². The summed E-state index contributed by atoms with van der Waals surface area (Å²) in [5.41, 5.74) is 1.71. The van der Waals surface area contributed by atoms with Gasteiger partial charge in [-0.05, 0) is 61.0 Å². The largest absolute Gasteiger partial charge is 0.453 e. The number of benzene rings is 2. The van der Waals surface area contributed by atoms with Gasteiger partial charge in [0.15, 0.2) is 16.7 Å². The minimum absolute atomic E-state index is 0. The first-order valence-electron chi connectivity index (χ1n) is 11.9. The molecule has 5 rings (SSSR count). The minimum Gasteiger partial charge on any atom is -0.453 e. The molecule has 1 aliphatic heterocycles. The number of hydrogen-bond donors (Lipinski definition) is 2. The van der Waals surface area contributed by atoms with Crippen LogP contribution in [0.2, 0.25) is 5.02 Å². The van der Waals surface area contributed by atoms with Crippen molar-refractivity contribution >= 4 is 80.4 Å². The fourth-order valence-electron chi connectivity index (χ4n) is 4.12. The summed E-state index contributed by atoms with van der Waals surface area (Å²) >= 11 is 12.4. The normalized spacial score (nSPS) is 12.6. The maximum absolute atomic E-state index is 14.9. The first kappa shape index (κ1) is 28.7. The summed E-state index contributed by atoms with van der Waals surface area (Å²) in [5, 5.41) is 5.95. The summed E-state index contributed by atoms with van der Waals surface area (Å²) in [4.78, 5) is 31.8. The molecule has 1 fully saturated rings. The van der Waals surface area contributed by atoms with E-state index in [9.17, 15) is 14.0 Å². The zero-order valence-corrected chi connectivity index (χ0v) is 23.6. The standard InChI is InChI=1S/C27H22ClFN4O3S2.ClH/c28-17-5-3-4-16(12-17)13-24(34)32-27(37)31-18-6-7-21(19(29)14-18)36-22-8-9-30-20-15-23(38-25(20)22)26(35)33-10-1-2-11-33;/h3-9,12,14-15H,1-2,10-11,13H2,(H2,31,32,34,37);1H. The molecule has 2 aromatic heterocycles. The quantitative estimate of drug-likeness (QED) is 0.241. The molecule has 0 bridgehead atoms. The van der Waals surface area contributed by atoms with Gasteiger partial charge in [-0.15, -0.1) is 23.7 Å². The van der Waals surface area contributed by atoms with Gasteiger partial charge in [-0.2, -0.15) is 0 Å². The molecule has 2 aromatic carbocycles. The molecule has 0 radical (unpaired) electrons. The number of fused-ring (bicyclic) bond motifs is 1. The Morgan fingerprint density at radius 1 is 1.10 bits per heavy atom. The Hall–Kier alpha value is -3.31. The molecule has 0 aliphatic carbocycles. The number of nitrogens with one attached hydrogen (secondary N) is 2. The fraction of sp³-hybridized carbons (Fsp3) is 0.185. The van der Waals surface area contributed by atoms with Gasteiger partial charge < -0.3 is 20.3 Å². The van der Waals surface area contributed by atoms with E-state index in [2.05, 4.69) is 15.6 Å². The number of nitrogens with zero attached hydrogens (tertiary/aromatic N) is 2. The number of pyridine rings is 1. The van der Waals surface area contributed by atoms with Gasteiger partial charge in [-0.1, -0.05) is 23.7 Å². The number of carbonyl (C=O) groups excluding carboxylic acids is 2. The Morgan fingerprint density at radius 2 is 1.90 bits per heavy atom. The van der Waals surface area contributed by atoms with Crippen LogP contribution in [0.4, 0.5) is 10.1 Å². The molecule has 0 spiro atoms. The second-order valence-electron chi connectivity index (χ2n) is 8.69. The highest BCUT2D eigenvalue weighted by molar-refractivity contribution is 7.80. The fourth-order valence-corrected chi connectivity index (χ4v) is 5.60. The maximum atomic E-state index is 14.9. The Labute approximate surface area is 244 Å². The van der Waals surface area contributed by atoms with Crippen molar-refractivity contribution in [2.45, 2.75) is 19.3 Å². The molecule has 3 heterocycles. The molecule has 0 saturated carbocycles. The SMILES string of the molecule is Cl.O=C(Cc1cccc(Cl)c1)NC(=S)Nc1ccc(Oc2ccnc3cc(C(=O)N4CCCC4)sc23)c(F)c1. The van der Waals surface area contributed by atoms with Crippen LogP contribution in [-0.4, -0.2) is 39.9 Å². The number of thiophene rings is 1. The van der Waals surface area contributed by atoms with Crippen LogP contribution in [0.25, 0.3) is 10.2 Å². The summed E-state index contributed by atoms with van der Waals surface area (Å²) in [6.45, 7) is 1.51. The topological polar surface area (TPSA) is 83.6 Å². The molecule has 2 N–H and O–H groups in total. The Morgan fingerprint density at radius 3 is 2.64 bits per heavy atom. The third-order valence-electron chi connectivity index (χ3n) is 5.90. The van der Waals surface area contributed by atoms with Gasteiger partial charge in [0.25, 0.3) is 5.91 Å². The van der Waals surface area contributed by atoms with Gasteiger partial charge >= 0.3 is 0 Å². The van der Waals surface area contributed by atoms with Gasteiger partial charge in [0.1, 0.15) is 5.75 Å². The van der Waals surface area contributed by atoms with Crippen molar-refractivity contribution in [1.29, 1.82) is 0 Å². The molecular formula is C27H23Cl2FN4O3S2. The molecule has 0 atom stereocenters. The third kappa shape index (κ3) is 7.02. The molecule has 1 saturated heterocycles. The highest BCUT2D eigenvalue weighted by Crippen LogP contribution is 2.36. The zero-order chi connectivity index (χ0) is 26.6. The Balaban J connectivity index is 0.00000353. The molecule has 4 aromatic rings. The maximum Gasteiger partial charge on any atom is 0.264 e. The number of thiocarbonyl (C=S) groups is 1. The zero-order valence-electron chi connectivity index (χ0n) is 20.4. The predicted molar refractivity (Wildman–Crippen MR) is 158 cm³/mol. The van der Waals surface area contributed by atoms with Crippen molar-refractivity contribution in [3.8, 4) is 11.5 Å². The van der Waals surface area contributed by atoms with Crippen LogP contribution in [0.15, 0.2) is 60.8 Å². The molecule has 202 valence electrons. The Bertz CT molecular complexity index is 1540. The van der Waals surface area contributed by atoms with Crippen LogP contribution in [0.1, 0.15) is 28.1 Å². The highest BCUT2D eigenvalue weighted by atomic mass is 35.5. The van der Waals surface area contributed by atoms with Crippen molar-refractivity contribution in [3.63, 3.8) is 0 Å². The lowest BCUT2D eigenvalue weighted by Gasteiger charge is -2.13. The van der Waals surface area contributed by atoms with Crippen molar-refractivity contribution in [1.82, 2.24) is 15.2 Å². The van der Waals surface area contributed by atoms with Gasteiger partial charge in [0, 0.05) is 42.1 Å². The van der Waals surface area contributed by atoms with E-state index in [1.165, 1.54) is 23.5 Å². The second-order valence-corrected chi connectivity index (χ2v) is 10.6. The van der Waals surface area contributed by atoms with Crippen LogP contribution in [-0.2, 0) is 11.2 Å². The minimum atomic E-state index is -0.627. The van der Waals surface area contributed by atoms with Gasteiger partial charge in [0.2, 0.25) is 5.91 Å². The van der Waals surface area contributed by atoms with Crippen molar-refractivity contribution < 1.29 is 18.7 Å². The highest BCUT2D eigenvalue weighted by Gasteiger charge is 2.22. The second kappa shape index (κ2) is 12.7. The van der Waals surface area contributed by atoms with E-state index in [-0.39, 0.29) is 41.5 Å². The van der Waals surface area contributed by atoms with Crippen LogP contribution in [0.3, 0.4) is 0 Å². The molecular weight excluding hydrogens is 582 g/mol. The van der Waals surface area contributed by atoms with E-state index in [1.54, 1.807) is 48.7 Å². The van der Waals surface area contributed by atoms with E-state index in [4.69, 9.17) is 28.6 Å². The van der Waals surface area contributed by atoms with Gasteiger partial charge in [0.05, 0.1) is 21.5 Å². The molecule has 2 amide bonds. The van der Waals surface area contributed by atoms with Crippen LogP contribution in [0.5, 0.6) is 11.5 Å². The van der Waals surface area contributed by atoms with E-state index >= 15 is 0 Å². The molecule has 7 nitrogen and oxygen atoms in total. The number of carbonyl (C=O) groups is 2. The lowest BCUT2D eigenvalue weighted by Crippen LogP contribution is -2.35. The summed E-state index contributed by atoms with van der Waals surface area (Å²) in [6.07, 6.45) is 3.67. The average Bonchev–Trinajstić information content (AvgIpc) is 3.56. The van der Waals surface area contributed by atoms with Crippen LogP contribution < -0.4 is 15.4 Å². The van der Waals surface area contributed by atoms with Crippen molar-refractivity contribution in [3.05, 3.63) is 82.1 Å². The number of halogens is 3. The van der Waals surface area contributed by atoms with Crippen molar-refractivity contribution in [2.24, 2.45) is 0 Å². The van der Waals surface area contributed by atoms with Crippen molar-refractivity contribution in [2.75, 3.05) is 18.4 Å². The number of aromatic nitrogens is 1. The smallest absolute Gasteiger partial charge is 0.264 e. The lowest BCUT2D eigenvalue weighted by molar-refractivity contribution is -0.119. The number of anilines is 1. The number of hydrogen-bond acceptors (Lipinski definition) is 6. The lowest BCUT2D eigenvalue weighted by atomic mass is 10.1. The monoisotopic (exact) mass is 604 g/mol. The predicted octanol–water partition coefficient (Wildman–Crippen LogP) is 6.59. The summed E-state index contributed by atoms with van der Waals surface area (Å²) < 4.78 is 21.5. The summed E-state index contributed by atoms with van der Waals surface area (Å²) in [6, 6.07) is 14.6. The molecule has 12 heteroatoms. The summed E-state index contributed by atoms with van der Waals surface area (Å²) in [7, 11) is 0. The van der Waals surface area contributed by atoms with Crippen LogP contribution >= 0.6 is 47.6 Å². The number of rotatable bonds is 6. The molecule has 1 aliphatic rings. The van der Waals surface area contributed by atoms with E-state index in [1.807, 2.05) is 4.90 Å². The summed E-state index contributed by atoms with van der Waals surface area (Å²) in [5.74, 6) is -0.569. The number of likely N-dealkylation sites (tertiary alicyclic amines) is 1. The number of amides is 2. The van der Waals surface area contributed by atoms with Gasteiger partial charge in [-0.25, -0.2) is 4.39 Å². The van der Waals surface area contributed by atoms with Gasteiger partial charge in [-0.3, -0.25) is 14.6 Å². The van der Waals surface area contributed by atoms with Crippen LogP contribution in [0, 0.1) is 5.82 Å². The molecule has 0 unspecified atom stereocenters.